The van der Waals surface area contributed by atoms with Gasteiger partial charge in [-0.25, -0.2) is 4.98 Å². The molecule has 3 aliphatic carbocycles. The molecule has 0 fully saturated rings. The van der Waals surface area contributed by atoms with Crippen molar-refractivity contribution in [2.45, 2.75) is 10.8 Å². The van der Waals surface area contributed by atoms with E-state index in [9.17, 15) is 5.11 Å². The third-order valence-corrected chi connectivity index (χ3v) is 15.3. The fraction of sp³-hybridized carbons (Fsp3) is 0.0299. The first kappa shape index (κ1) is 39.3. The van der Waals surface area contributed by atoms with Gasteiger partial charge in [0.1, 0.15) is 5.75 Å². The molecular weight excluding hydrogens is 835 g/mol. The quantitative estimate of drug-likeness (QED) is 0.187. The summed E-state index contributed by atoms with van der Waals surface area (Å²) in [6.45, 7) is 0. The molecule has 0 amide bonds. The van der Waals surface area contributed by atoms with Crippen LogP contribution in [0.3, 0.4) is 0 Å². The van der Waals surface area contributed by atoms with Crippen molar-refractivity contribution >= 4 is 0 Å². The number of phenolic OH excluding ortho intramolecular Hbond substituents is 1. The van der Waals surface area contributed by atoms with Crippen molar-refractivity contribution in [3.8, 4) is 83.9 Å². The first-order valence-corrected chi connectivity index (χ1v) is 23.8. The second kappa shape index (κ2) is 15.1. The van der Waals surface area contributed by atoms with Crippen LogP contribution in [0.1, 0.15) is 44.5 Å². The van der Waals surface area contributed by atoms with Gasteiger partial charge in [-0.1, -0.05) is 237 Å². The predicted molar refractivity (Wildman–Crippen MR) is 281 cm³/mol. The van der Waals surface area contributed by atoms with Crippen LogP contribution in [-0.2, 0) is 10.8 Å². The predicted octanol–water partition coefficient (Wildman–Crippen LogP) is 16.2. The van der Waals surface area contributed by atoms with Crippen molar-refractivity contribution in [2.24, 2.45) is 0 Å². The Hall–Kier alpha value is -8.85. The summed E-state index contributed by atoms with van der Waals surface area (Å²) in [7, 11) is 0. The molecule has 0 bridgehead atoms. The molecule has 3 aliphatic rings. The van der Waals surface area contributed by atoms with Gasteiger partial charge in [-0.2, -0.15) is 0 Å². The van der Waals surface area contributed by atoms with E-state index in [1.807, 2.05) is 18.2 Å². The van der Waals surface area contributed by atoms with Crippen molar-refractivity contribution in [2.75, 3.05) is 0 Å². The molecule has 10 aromatic carbocycles. The SMILES string of the molecule is Oc1c(-c2ccccc2)ccc2c1C1(c3ccc(-c4cc(-c5ccccc5)nc(-c5ccc(-c6ccccc6)cc5)c4)cc3-2)c2ccccc2C2(c3ccccc3-c3ccccc32)c2ccccc21. The summed E-state index contributed by atoms with van der Waals surface area (Å²) in [5, 5.41) is 13.3. The maximum absolute atomic E-state index is 13.3. The van der Waals surface area contributed by atoms with E-state index in [1.54, 1.807) is 0 Å². The van der Waals surface area contributed by atoms with Gasteiger partial charge in [-0.15, -0.1) is 0 Å². The van der Waals surface area contributed by atoms with Gasteiger partial charge in [0, 0.05) is 22.3 Å². The normalized spacial score (nSPS) is 13.8. The molecule has 14 rings (SSSR count). The van der Waals surface area contributed by atoms with Gasteiger partial charge in [0.25, 0.3) is 0 Å². The lowest BCUT2D eigenvalue weighted by Gasteiger charge is -2.49. The van der Waals surface area contributed by atoms with Crippen LogP contribution in [0.4, 0.5) is 0 Å². The first-order chi connectivity index (χ1) is 34.1. The Morgan fingerprint density at radius 2 is 0.638 bits per heavy atom. The highest BCUT2D eigenvalue weighted by Crippen LogP contribution is 2.69. The number of nitrogens with zero attached hydrogens (tertiary/aromatic N) is 1. The fourth-order valence-electron chi connectivity index (χ4n) is 12.5. The molecule has 322 valence electrons. The van der Waals surface area contributed by atoms with Crippen LogP contribution in [-0.4, -0.2) is 10.1 Å². The minimum atomic E-state index is -0.859. The molecule has 2 heteroatoms. The van der Waals surface area contributed by atoms with Crippen LogP contribution in [0.15, 0.2) is 255 Å². The van der Waals surface area contributed by atoms with Gasteiger partial charge in [-0.05, 0) is 107 Å². The fourth-order valence-corrected chi connectivity index (χ4v) is 12.5. The molecule has 0 saturated heterocycles. The van der Waals surface area contributed by atoms with Gasteiger partial charge in [0.2, 0.25) is 0 Å². The average Bonchev–Trinajstić information content (AvgIpc) is 3.89. The molecule has 2 nitrogen and oxygen atoms in total. The molecule has 11 aromatic rings. The monoisotopic (exact) mass is 877 g/mol. The lowest BCUT2D eigenvalue weighted by molar-refractivity contribution is 0.462. The number of fused-ring (bicyclic) bond motifs is 16. The minimum Gasteiger partial charge on any atom is -0.507 e. The van der Waals surface area contributed by atoms with Crippen LogP contribution in [0.5, 0.6) is 5.75 Å². The number of aromatic hydroxyl groups is 1. The Kier molecular flexibility index (Phi) is 8.60. The van der Waals surface area contributed by atoms with E-state index in [1.165, 1.54) is 55.6 Å². The number of hydrogen-bond donors (Lipinski definition) is 1. The zero-order chi connectivity index (χ0) is 45.7. The highest BCUT2D eigenvalue weighted by molar-refractivity contribution is 5.97. The lowest BCUT2D eigenvalue weighted by Crippen LogP contribution is -2.43. The molecule has 0 saturated carbocycles. The Balaban J connectivity index is 1.03. The highest BCUT2D eigenvalue weighted by Gasteiger charge is 2.59. The van der Waals surface area contributed by atoms with Crippen LogP contribution in [0, 0.1) is 0 Å². The minimum absolute atomic E-state index is 0.306. The van der Waals surface area contributed by atoms with E-state index >= 15 is 0 Å². The van der Waals surface area contributed by atoms with Crippen LogP contribution in [0.25, 0.3) is 78.1 Å². The maximum atomic E-state index is 13.3. The number of phenols is 1. The van der Waals surface area contributed by atoms with Crippen molar-refractivity contribution in [1.82, 2.24) is 4.98 Å². The van der Waals surface area contributed by atoms with E-state index in [4.69, 9.17) is 4.98 Å². The molecule has 2 spiro atoms. The number of aromatic nitrogens is 1. The maximum Gasteiger partial charge on any atom is 0.128 e. The molecule has 1 aromatic heterocycles. The lowest BCUT2D eigenvalue weighted by atomic mass is 9.52. The number of hydrogen-bond acceptors (Lipinski definition) is 2. The Morgan fingerprint density at radius 3 is 1.20 bits per heavy atom. The topological polar surface area (TPSA) is 33.1 Å². The molecule has 0 unspecified atom stereocenters. The van der Waals surface area contributed by atoms with E-state index in [-0.39, 0.29) is 0 Å². The largest absolute Gasteiger partial charge is 0.507 e. The van der Waals surface area contributed by atoms with Crippen LogP contribution < -0.4 is 0 Å². The zero-order valence-corrected chi connectivity index (χ0v) is 37.6. The summed E-state index contributed by atoms with van der Waals surface area (Å²) >= 11 is 0. The zero-order valence-electron chi connectivity index (χ0n) is 37.6. The summed E-state index contributed by atoms with van der Waals surface area (Å²) in [5.74, 6) is 0.306. The average molecular weight is 878 g/mol. The van der Waals surface area contributed by atoms with Gasteiger partial charge in [-0.3, -0.25) is 0 Å². The smallest absolute Gasteiger partial charge is 0.128 e. The number of benzene rings is 10. The van der Waals surface area contributed by atoms with Crippen LogP contribution in [0.2, 0.25) is 0 Å². The molecular formula is C67H43NO. The van der Waals surface area contributed by atoms with Crippen LogP contribution >= 0.6 is 0 Å². The summed E-state index contributed by atoms with van der Waals surface area (Å²) in [6.07, 6.45) is 0. The summed E-state index contributed by atoms with van der Waals surface area (Å²) < 4.78 is 0. The molecule has 1 heterocycles. The summed E-state index contributed by atoms with van der Waals surface area (Å²) in [5.41, 5.74) is 22.9. The summed E-state index contributed by atoms with van der Waals surface area (Å²) in [4.78, 5) is 5.31. The third kappa shape index (κ3) is 5.52. The van der Waals surface area contributed by atoms with E-state index < -0.39 is 10.8 Å². The van der Waals surface area contributed by atoms with E-state index in [0.717, 1.165) is 67.0 Å². The van der Waals surface area contributed by atoms with Gasteiger partial charge >= 0.3 is 0 Å². The third-order valence-electron chi connectivity index (χ3n) is 15.3. The van der Waals surface area contributed by atoms with Crippen molar-refractivity contribution in [1.29, 1.82) is 0 Å². The van der Waals surface area contributed by atoms with Crippen molar-refractivity contribution in [3.05, 3.63) is 299 Å². The molecule has 0 radical (unpaired) electrons. The first-order valence-electron chi connectivity index (χ1n) is 23.8. The number of pyridine rings is 1. The van der Waals surface area contributed by atoms with E-state index in [0.29, 0.717) is 5.75 Å². The molecule has 1 N–H and O–H groups in total. The Morgan fingerprint density at radius 1 is 0.246 bits per heavy atom. The van der Waals surface area contributed by atoms with E-state index in [2.05, 4.69) is 237 Å². The van der Waals surface area contributed by atoms with Gasteiger partial charge in [0.15, 0.2) is 0 Å². The second-order valence-corrected chi connectivity index (χ2v) is 18.6. The van der Waals surface area contributed by atoms with Gasteiger partial charge < -0.3 is 5.11 Å². The number of rotatable bonds is 5. The molecule has 0 atom stereocenters. The van der Waals surface area contributed by atoms with Crippen molar-refractivity contribution < 1.29 is 5.11 Å². The second-order valence-electron chi connectivity index (χ2n) is 18.6. The molecule has 69 heavy (non-hydrogen) atoms. The van der Waals surface area contributed by atoms with Gasteiger partial charge in [0.05, 0.1) is 22.2 Å². The van der Waals surface area contributed by atoms with Crippen molar-refractivity contribution in [3.63, 3.8) is 0 Å². The Bertz CT molecular complexity index is 3740. The molecule has 0 aliphatic heterocycles. The highest BCUT2D eigenvalue weighted by atomic mass is 16.3. The summed E-state index contributed by atoms with van der Waals surface area (Å²) in [6, 6.07) is 92.0. The Labute approximate surface area is 402 Å². The standard InChI is InChI=1S/C67H43NO/c69-65-50(45-20-6-2-7-21-45)37-38-53-54-40-48(49-41-62(46-22-8-3-9-23-46)68-63(42-49)47-34-32-44(33-35-47)43-18-4-1-5-19-43)36-39-57(54)67(64(53)65)60-30-16-14-28-58(60)66(59-29-15-17-31-61(59)67)55-26-12-10-24-51(55)52-25-11-13-27-56(52)66/h1-42,69H.